The van der Waals surface area contributed by atoms with Crippen molar-refractivity contribution in [3.63, 3.8) is 0 Å². The normalized spacial score (nSPS) is 11.6. The Morgan fingerprint density at radius 1 is 1.07 bits per heavy atom. The monoisotopic (exact) mass is 413 g/mol. The van der Waals surface area contributed by atoms with Crippen LogP contribution in [-0.4, -0.2) is 33.9 Å². The molecule has 3 rings (SSSR count). The Hall–Kier alpha value is -2.34. The molecule has 0 bridgehead atoms. The number of hydrogen-bond donors (Lipinski definition) is 0. The van der Waals surface area contributed by atoms with Gasteiger partial charge in [-0.25, -0.2) is 9.37 Å². The van der Waals surface area contributed by atoms with Crippen LogP contribution in [-0.2, 0) is 0 Å². The quantitative estimate of drug-likeness (QED) is 0.453. The molecule has 0 spiro atoms. The Kier molecular flexibility index (Phi) is 6.96. The second-order valence-corrected chi connectivity index (χ2v) is 9.25. The molecule has 0 aliphatic rings. The van der Waals surface area contributed by atoms with Gasteiger partial charge in [0.25, 0.3) is 5.91 Å². The number of amides is 1. The van der Waals surface area contributed by atoms with Gasteiger partial charge in [0.15, 0.2) is 0 Å². The summed E-state index contributed by atoms with van der Waals surface area (Å²) in [6, 6.07) is 8.66. The highest BCUT2D eigenvalue weighted by Crippen LogP contribution is 2.30. The molecule has 4 nitrogen and oxygen atoms in total. The molecule has 0 atom stereocenters. The van der Waals surface area contributed by atoms with E-state index in [2.05, 4.69) is 37.7 Å². The average molecular weight is 414 g/mol. The van der Waals surface area contributed by atoms with Gasteiger partial charge >= 0.3 is 0 Å². The van der Waals surface area contributed by atoms with E-state index in [-0.39, 0.29) is 11.7 Å². The minimum atomic E-state index is -0.370. The largest absolute Gasteiger partial charge is 0.339 e. The molecule has 0 fully saturated rings. The lowest BCUT2D eigenvalue weighted by Crippen LogP contribution is -2.34. The summed E-state index contributed by atoms with van der Waals surface area (Å²) >= 11 is 1.47. The number of pyridine rings is 1. The van der Waals surface area contributed by atoms with E-state index >= 15 is 0 Å². The molecule has 29 heavy (non-hydrogen) atoms. The highest BCUT2D eigenvalue weighted by molar-refractivity contribution is 7.21. The van der Waals surface area contributed by atoms with E-state index in [9.17, 15) is 9.18 Å². The van der Waals surface area contributed by atoms with E-state index in [1.54, 1.807) is 6.07 Å². The van der Waals surface area contributed by atoms with Crippen LogP contribution in [0, 0.1) is 17.7 Å². The molecule has 0 saturated carbocycles. The number of carbonyl (C=O) groups excluding carboxylic acids is 1. The Bertz CT molecular complexity index is 954. The fraction of sp³-hybridized carbons (Fsp3) is 0.435. The summed E-state index contributed by atoms with van der Waals surface area (Å²) < 4.78 is 14.1. The topological polar surface area (TPSA) is 46.1 Å². The van der Waals surface area contributed by atoms with Gasteiger partial charge < -0.3 is 4.90 Å². The first-order valence-electron chi connectivity index (χ1n) is 10.1. The van der Waals surface area contributed by atoms with Crippen LogP contribution >= 0.6 is 11.3 Å². The lowest BCUT2D eigenvalue weighted by atomic mass is 10.1. The molecule has 1 amide bonds. The van der Waals surface area contributed by atoms with Gasteiger partial charge in [0.05, 0.1) is 22.1 Å². The zero-order valence-electron chi connectivity index (χ0n) is 17.5. The van der Waals surface area contributed by atoms with E-state index in [0.717, 1.165) is 41.2 Å². The molecule has 0 radical (unpaired) electrons. The molecular weight excluding hydrogens is 385 g/mol. The van der Waals surface area contributed by atoms with Gasteiger partial charge in [0.1, 0.15) is 10.8 Å². The zero-order valence-corrected chi connectivity index (χ0v) is 18.3. The minimum absolute atomic E-state index is 0.0723. The van der Waals surface area contributed by atoms with E-state index < -0.39 is 0 Å². The van der Waals surface area contributed by atoms with Crippen molar-refractivity contribution >= 4 is 27.5 Å². The van der Waals surface area contributed by atoms with Gasteiger partial charge in [0.2, 0.25) is 0 Å². The number of thiazole rings is 1. The molecule has 0 aliphatic carbocycles. The van der Waals surface area contributed by atoms with Crippen molar-refractivity contribution < 1.29 is 9.18 Å². The molecular formula is C23H28FN3OS. The fourth-order valence-electron chi connectivity index (χ4n) is 3.00. The Morgan fingerprint density at radius 3 is 2.34 bits per heavy atom. The number of carbonyl (C=O) groups is 1. The summed E-state index contributed by atoms with van der Waals surface area (Å²) in [5.41, 5.74) is 2.15. The predicted octanol–water partition coefficient (Wildman–Crippen LogP) is 6.03. The second-order valence-electron chi connectivity index (χ2n) is 8.22. The van der Waals surface area contributed by atoms with Crippen LogP contribution in [0.25, 0.3) is 20.9 Å². The van der Waals surface area contributed by atoms with Crippen molar-refractivity contribution in [2.45, 2.75) is 40.5 Å². The predicted molar refractivity (Wildman–Crippen MR) is 118 cm³/mol. The Morgan fingerprint density at radius 2 is 1.76 bits per heavy atom. The number of nitrogens with zero attached hydrogens (tertiary/aromatic N) is 3. The molecule has 0 aliphatic heterocycles. The fourth-order valence-corrected chi connectivity index (χ4v) is 3.98. The maximum atomic E-state index is 13.2. The minimum Gasteiger partial charge on any atom is -0.339 e. The number of halogens is 1. The number of rotatable bonds is 8. The summed E-state index contributed by atoms with van der Waals surface area (Å²) in [6.45, 7) is 10.3. The van der Waals surface area contributed by atoms with Gasteiger partial charge in [-0.3, -0.25) is 9.78 Å². The highest BCUT2D eigenvalue weighted by atomic mass is 32.1. The van der Waals surface area contributed by atoms with Gasteiger partial charge in [0, 0.05) is 18.7 Å². The maximum absolute atomic E-state index is 13.2. The van der Waals surface area contributed by atoms with Crippen LogP contribution in [0.3, 0.4) is 0 Å². The third kappa shape index (κ3) is 5.60. The summed E-state index contributed by atoms with van der Waals surface area (Å²) in [7, 11) is 0. The van der Waals surface area contributed by atoms with Gasteiger partial charge in [-0.1, -0.05) is 27.7 Å². The van der Waals surface area contributed by atoms with Gasteiger partial charge in [-0.05, 0) is 55.0 Å². The molecule has 0 unspecified atom stereocenters. The average Bonchev–Trinajstić information content (AvgIpc) is 3.11. The smallest absolute Gasteiger partial charge is 0.253 e. The van der Waals surface area contributed by atoms with Crippen molar-refractivity contribution in [3.05, 3.63) is 47.9 Å². The van der Waals surface area contributed by atoms with Crippen molar-refractivity contribution in [1.82, 2.24) is 14.9 Å². The van der Waals surface area contributed by atoms with Gasteiger partial charge in [-0.15, -0.1) is 11.3 Å². The third-order valence-corrected chi connectivity index (χ3v) is 5.86. The first kappa shape index (κ1) is 21.4. The Balaban J connectivity index is 1.84. The standard InChI is InChI=1S/C23H28FN3OS/c1-15(2)9-11-27(12-10-16(3)4)23(28)17-5-7-19-21(13-17)29-22(26-19)20-8-6-18(24)14-25-20/h5-8,13-16H,9-12H2,1-4H3. The van der Waals surface area contributed by atoms with E-state index in [1.165, 1.54) is 23.6 Å². The maximum Gasteiger partial charge on any atom is 0.253 e. The molecule has 2 heterocycles. The third-order valence-electron chi connectivity index (χ3n) is 4.82. The Labute approximate surface area is 175 Å². The van der Waals surface area contributed by atoms with E-state index in [0.29, 0.717) is 23.1 Å². The van der Waals surface area contributed by atoms with Crippen molar-refractivity contribution in [3.8, 4) is 10.7 Å². The number of fused-ring (bicyclic) bond motifs is 1. The summed E-state index contributed by atoms with van der Waals surface area (Å²) in [4.78, 5) is 23.9. The van der Waals surface area contributed by atoms with Crippen molar-refractivity contribution in [1.29, 1.82) is 0 Å². The molecule has 154 valence electrons. The van der Waals surface area contributed by atoms with Crippen LogP contribution in [0.1, 0.15) is 50.9 Å². The number of hydrogen-bond acceptors (Lipinski definition) is 4. The SMILES string of the molecule is CC(C)CCN(CCC(C)C)C(=O)c1ccc2nc(-c3ccc(F)cn3)sc2c1. The molecule has 0 saturated heterocycles. The van der Waals surface area contributed by atoms with Crippen LogP contribution in [0.15, 0.2) is 36.5 Å². The van der Waals surface area contributed by atoms with Crippen LogP contribution in [0.2, 0.25) is 0 Å². The van der Waals surface area contributed by atoms with Crippen molar-refractivity contribution in [2.24, 2.45) is 11.8 Å². The van der Waals surface area contributed by atoms with Crippen LogP contribution in [0.4, 0.5) is 4.39 Å². The van der Waals surface area contributed by atoms with Crippen molar-refractivity contribution in [2.75, 3.05) is 13.1 Å². The van der Waals surface area contributed by atoms with Gasteiger partial charge in [-0.2, -0.15) is 0 Å². The molecule has 1 aromatic carbocycles. The second kappa shape index (κ2) is 9.44. The summed E-state index contributed by atoms with van der Waals surface area (Å²) in [6.07, 6.45) is 3.18. The lowest BCUT2D eigenvalue weighted by molar-refractivity contribution is 0.0741. The van der Waals surface area contributed by atoms with Crippen LogP contribution < -0.4 is 0 Å². The summed E-state index contributed by atoms with van der Waals surface area (Å²) in [5, 5.41) is 0.723. The molecule has 6 heteroatoms. The number of aromatic nitrogens is 2. The van der Waals surface area contributed by atoms with E-state index in [4.69, 9.17) is 0 Å². The molecule has 2 aromatic heterocycles. The van der Waals surface area contributed by atoms with E-state index in [1.807, 2.05) is 23.1 Å². The van der Waals surface area contributed by atoms with Crippen LogP contribution in [0.5, 0.6) is 0 Å². The first-order chi connectivity index (χ1) is 13.8. The first-order valence-corrected chi connectivity index (χ1v) is 11.0. The molecule has 0 N–H and O–H groups in total. The molecule has 3 aromatic rings. The zero-order chi connectivity index (χ0) is 21.0. The summed E-state index contributed by atoms with van der Waals surface area (Å²) in [5.74, 6) is 0.812. The highest BCUT2D eigenvalue weighted by Gasteiger charge is 2.18. The lowest BCUT2D eigenvalue weighted by Gasteiger charge is -2.24. The number of benzene rings is 1.